The number of aromatic hydroxyl groups is 2. The third kappa shape index (κ3) is 6.77. The maximum Gasteiger partial charge on any atom is 0.326 e. The number of nitrogen functional groups attached to an aromatic ring is 1. The normalized spacial score (nSPS) is 12.0. The summed E-state index contributed by atoms with van der Waals surface area (Å²) >= 11 is 0. The Bertz CT molecular complexity index is 1860. The van der Waals surface area contributed by atoms with E-state index < -0.39 is 41.7 Å². The fraction of sp³-hybridized carbons (Fsp3) is 0.200. The number of phenols is 2. The van der Waals surface area contributed by atoms with Gasteiger partial charge in [0, 0.05) is 23.2 Å². The van der Waals surface area contributed by atoms with Gasteiger partial charge in [-0.25, -0.2) is 14.6 Å². The van der Waals surface area contributed by atoms with Gasteiger partial charge in [-0.15, -0.1) is 0 Å². The molecule has 0 aliphatic rings. The molecule has 45 heavy (non-hydrogen) atoms. The van der Waals surface area contributed by atoms with E-state index >= 15 is 0 Å². The number of carbonyl (C=O) groups excluding carboxylic acids is 3. The average molecular weight is 617 g/mol. The highest BCUT2D eigenvalue weighted by Crippen LogP contribution is 2.44. The first kappa shape index (κ1) is 31.8. The van der Waals surface area contributed by atoms with Crippen molar-refractivity contribution < 1.29 is 34.5 Å². The fourth-order valence-electron chi connectivity index (χ4n) is 4.65. The van der Waals surface area contributed by atoms with E-state index in [2.05, 4.69) is 20.6 Å². The maximum absolute atomic E-state index is 13.5. The highest BCUT2D eigenvalue weighted by molar-refractivity contribution is 5.99. The lowest BCUT2D eigenvalue weighted by Gasteiger charge is -2.28. The van der Waals surface area contributed by atoms with E-state index in [1.165, 1.54) is 38.1 Å². The van der Waals surface area contributed by atoms with Crippen LogP contribution in [0, 0.1) is 5.41 Å². The van der Waals surface area contributed by atoms with Crippen LogP contribution in [-0.2, 0) is 26.3 Å². The van der Waals surface area contributed by atoms with E-state index in [4.69, 9.17) is 22.6 Å². The number of amidine groups is 1. The molecule has 1 atom stereocenters. The van der Waals surface area contributed by atoms with Gasteiger partial charge in [0.1, 0.15) is 29.2 Å². The molecule has 3 aromatic carbocycles. The molecule has 15 heteroatoms. The first-order valence-electron chi connectivity index (χ1n) is 13.5. The van der Waals surface area contributed by atoms with Crippen molar-refractivity contribution in [3.8, 4) is 34.0 Å². The van der Waals surface area contributed by atoms with Crippen molar-refractivity contribution in [2.75, 3.05) is 0 Å². The van der Waals surface area contributed by atoms with E-state index in [-0.39, 0.29) is 52.0 Å². The summed E-state index contributed by atoms with van der Waals surface area (Å²) in [7, 11) is 0. The number of fused-ring (bicyclic) bond motifs is 1. The monoisotopic (exact) mass is 616 g/mol. The van der Waals surface area contributed by atoms with Gasteiger partial charge in [-0.2, -0.15) is 0 Å². The number of nitrogens with two attached hydrogens (primary N) is 3. The second-order valence-electron chi connectivity index (χ2n) is 10.9. The minimum absolute atomic E-state index is 0.0162. The van der Waals surface area contributed by atoms with E-state index in [1.54, 1.807) is 24.3 Å². The molecule has 1 aromatic heterocycles. The molecule has 0 saturated carbocycles. The van der Waals surface area contributed by atoms with Gasteiger partial charge in [-0.05, 0) is 67.4 Å². The summed E-state index contributed by atoms with van der Waals surface area (Å²) in [5.41, 5.74) is 17.1. The van der Waals surface area contributed by atoms with E-state index in [0.29, 0.717) is 22.2 Å². The molecule has 0 spiro atoms. The smallest absolute Gasteiger partial charge is 0.326 e. The van der Waals surface area contributed by atoms with Crippen LogP contribution in [0.5, 0.6) is 11.5 Å². The molecule has 234 valence electrons. The number of carbonyl (C=O) groups is 4. The number of amides is 4. The van der Waals surface area contributed by atoms with Crippen LogP contribution in [-0.4, -0.2) is 61.0 Å². The van der Waals surface area contributed by atoms with Gasteiger partial charge in [0.15, 0.2) is 0 Å². The van der Waals surface area contributed by atoms with Crippen molar-refractivity contribution in [2.24, 2.45) is 17.2 Å². The summed E-state index contributed by atoms with van der Waals surface area (Å²) in [6, 6.07) is 9.88. The number of nitrogens with zero attached hydrogens (tertiary/aromatic N) is 1. The van der Waals surface area contributed by atoms with Gasteiger partial charge in [-0.3, -0.25) is 15.0 Å². The van der Waals surface area contributed by atoms with Crippen molar-refractivity contribution in [1.29, 1.82) is 5.41 Å². The highest BCUT2D eigenvalue weighted by atomic mass is 16.4. The molecule has 13 N–H and O–H groups in total. The molecule has 0 saturated heterocycles. The number of phenolic OH excluding ortho intramolecular Hbond substituents is 2. The molecule has 1 unspecified atom stereocenters. The Morgan fingerprint density at radius 2 is 1.67 bits per heavy atom. The van der Waals surface area contributed by atoms with Gasteiger partial charge in [-0.1, -0.05) is 6.07 Å². The van der Waals surface area contributed by atoms with Gasteiger partial charge < -0.3 is 48.1 Å². The van der Waals surface area contributed by atoms with Crippen molar-refractivity contribution >= 4 is 40.7 Å². The van der Waals surface area contributed by atoms with Gasteiger partial charge in [0.05, 0.1) is 28.4 Å². The molecule has 4 rings (SSSR count). The van der Waals surface area contributed by atoms with Crippen molar-refractivity contribution in [2.45, 2.75) is 38.3 Å². The molecule has 1 heterocycles. The van der Waals surface area contributed by atoms with Gasteiger partial charge in [0.25, 0.3) is 0 Å². The Kier molecular flexibility index (Phi) is 8.65. The maximum atomic E-state index is 13.5. The van der Waals surface area contributed by atoms with Crippen LogP contribution in [0.25, 0.3) is 33.5 Å². The van der Waals surface area contributed by atoms with Crippen LogP contribution >= 0.6 is 0 Å². The summed E-state index contributed by atoms with van der Waals surface area (Å²) in [6.07, 6.45) is -0.634. The highest BCUT2D eigenvalue weighted by Gasteiger charge is 2.35. The number of primary amides is 2. The van der Waals surface area contributed by atoms with Crippen molar-refractivity contribution in [1.82, 2.24) is 20.6 Å². The molecule has 0 bridgehead atoms. The molecule has 15 nitrogen and oxygen atoms in total. The number of aliphatic carboxylic acids is 1. The summed E-state index contributed by atoms with van der Waals surface area (Å²) in [5, 5.41) is 44.5. The minimum Gasteiger partial charge on any atom is -0.507 e. The Morgan fingerprint density at radius 1 is 0.978 bits per heavy atom. The molecule has 0 aliphatic carbocycles. The predicted molar refractivity (Wildman–Crippen MR) is 164 cm³/mol. The number of aromatic amines is 1. The number of carboxylic acids is 1. The Balaban J connectivity index is 1.92. The predicted octanol–water partition coefficient (Wildman–Crippen LogP) is 1.48. The van der Waals surface area contributed by atoms with Gasteiger partial charge >= 0.3 is 12.0 Å². The average Bonchev–Trinajstić information content (AvgIpc) is 3.39. The quantitative estimate of drug-likeness (QED) is 0.0861. The Labute approximate surface area is 256 Å². The molecule has 4 amide bonds. The van der Waals surface area contributed by atoms with E-state index in [1.807, 2.05) is 0 Å². The largest absolute Gasteiger partial charge is 0.507 e. The summed E-state index contributed by atoms with van der Waals surface area (Å²) < 4.78 is 0. The number of nitrogens with one attached hydrogen (secondary N) is 4. The lowest BCUT2D eigenvalue weighted by molar-refractivity contribution is -0.144. The number of aromatic nitrogens is 2. The molecule has 0 aliphatic heterocycles. The third-order valence-corrected chi connectivity index (χ3v) is 7.27. The number of H-pyrrole nitrogens is 1. The van der Waals surface area contributed by atoms with E-state index in [0.717, 1.165) is 0 Å². The number of hydrogen-bond donors (Lipinski definition) is 10. The minimum atomic E-state index is -1.59. The second kappa shape index (κ2) is 12.2. The first-order chi connectivity index (χ1) is 21.1. The third-order valence-electron chi connectivity index (χ3n) is 7.27. The summed E-state index contributed by atoms with van der Waals surface area (Å²) in [4.78, 5) is 55.6. The van der Waals surface area contributed by atoms with Crippen LogP contribution in [0.1, 0.15) is 37.0 Å². The Morgan fingerprint density at radius 3 is 2.29 bits per heavy atom. The lowest BCUT2D eigenvalue weighted by atomic mass is 9.80. The van der Waals surface area contributed by atoms with E-state index in [9.17, 15) is 34.5 Å². The fourth-order valence-corrected chi connectivity index (χ4v) is 4.65. The number of rotatable bonds is 11. The van der Waals surface area contributed by atoms with Gasteiger partial charge in [0.2, 0.25) is 11.8 Å². The van der Waals surface area contributed by atoms with Crippen LogP contribution in [0.15, 0.2) is 48.5 Å². The second-order valence-corrected chi connectivity index (χ2v) is 10.9. The zero-order valence-electron chi connectivity index (χ0n) is 24.3. The zero-order valence-corrected chi connectivity index (χ0v) is 24.3. The topological polar surface area (TPSA) is 284 Å². The van der Waals surface area contributed by atoms with Crippen LogP contribution in [0.3, 0.4) is 0 Å². The number of benzene rings is 3. The van der Waals surface area contributed by atoms with Crippen LogP contribution < -0.4 is 27.8 Å². The SMILES string of the molecule is CC(C)(C(=O)NC(CC(N)=O)C(=O)O)c1cc(-c2nc3ccc(C(=N)N)cc3[nH]2)c(O)c(-c2cc(CNC(N)=O)ccc2O)c1. The number of hydrogen-bond acceptors (Lipinski definition) is 8. The van der Waals surface area contributed by atoms with Crippen molar-refractivity contribution in [3.63, 3.8) is 0 Å². The number of urea groups is 1. The summed E-state index contributed by atoms with van der Waals surface area (Å²) in [5.74, 6) is -3.69. The van der Waals surface area contributed by atoms with Crippen LogP contribution in [0.2, 0.25) is 0 Å². The Hall–Kier alpha value is -6.12. The molecule has 4 aromatic rings. The van der Waals surface area contributed by atoms with Crippen LogP contribution in [0.4, 0.5) is 4.79 Å². The molecular formula is C30H32N8O7. The molecule has 0 radical (unpaired) electrons. The first-order valence-corrected chi connectivity index (χ1v) is 13.5. The standard InChI is InChI=1S/C30H32N8O7/c1-30(2,28(44)38-21(27(42)43)11-23(31)40)15-9-17(16-7-13(3-6-22(16)39)12-35-29(34)45)24(41)18(10-15)26-36-19-5-4-14(25(32)33)8-20(19)37-26/h3-10,21,39,41H,11-12H2,1-2H3,(H2,31,40)(H3,32,33)(H,36,37)(H,38,44)(H,42,43)(H3,34,35,45). The van der Waals surface area contributed by atoms with Crippen molar-refractivity contribution in [3.05, 3.63) is 65.2 Å². The molecular weight excluding hydrogens is 584 g/mol. The zero-order chi connectivity index (χ0) is 33.2. The molecule has 0 fully saturated rings. The number of imidazole rings is 1. The summed E-state index contributed by atoms with van der Waals surface area (Å²) in [6.45, 7) is 3.04. The lowest BCUT2D eigenvalue weighted by Crippen LogP contribution is -2.49. The number of carboxylic acid groups (broad SMARTS) is 1.